The van der Waals surface area contributed by atoms with Gasteiger partial charge in [-0.15, -0.1) is 0 Å². The lowest BCUT2D eigenvalue weighted by molar-refractivity contribution is 0.0734. The maximum absolute atomic E-state index is 13.2. The van der Waals surface area contributed by atoms with Crippen LogP contribution in [0.2, 0.25) is 0 Å². The Kier molecular flexibility index (Phi) is 5.20. The Balaban J connectivity index is 1.32. The SMILES string of the molecule is O=C(c1ccnc(N2CCN[C@@H](c3ccccc3)C2)c1)N1CCc2ccccc2C1. The van der Waals surface area contributed by atoms with Crippen molar-refractivity contribution in [2.75, 3.05) is 31.1 Å². The Bertz CT molecular complexity index is 1040. The molecule has 1 atom stereocenters. The number of fused-ring (bicyclic) bond motifs is 1. The molecule has 0 aliphatic carbocycles. The fourth-order valence-electron chi connectivity index (χ4n) is 4.44. The van der Waals surface area contributed by atoms with Crippen molar-refractivity contribution >= 4 is 11.7 Å². The maximum atomic E-state index is 13.2. The van der Waals surface area contributed by atoms with E-state index in [1.54, 1.807) is 6.20 Å². The Morgan fingerprint density at radius 3 is 2.63 bits per heavy atom. The maximum Gasteiger partial charge on any atom is 0.254 e. The van der Waals surface area contributed by atoms with E-state index in [1.165, 1.54) is 16.7 Å². The molecule has 0 saturated carbocycles. The van der Waals surface area contributed by atoms with Gasteiger partial charge in [-0.05, 0) is 35.2 Å². The molecule has 5 nitrogen and oxygen atoms in total. The number of pyridine rings is 1. The first-order chi connectivity index (χ1) is 14.8. The highest BCUT2D eigenvalue weighted by atomic mass is 16.2. The lowest BCUT2D eigenvalue weighted by Crippen LogP contribution is -2.46. The van der Waals surface area contributed by atoms with Crippen molar-refractivity contribution < 1.29 is 4.79 Å². The van der Waals surface area contributed by atoms with Gasteiger partial charge in [0.15, 0.2) is 0 Å². The van der Waals surface area contributed by atoms with Gasteiger partial charge in [0.25, 0.3) is 5.91 Å². The van der Waals surface area contributed by atoms with Crippen LogP contribution < -0.4 is 10.2 Å². The van der Waals surface area contributed by atoms with Crippen LogP contribution in [-0.2, 0) is 13.0 Å². The van der Waals surface area contributed by atoms with Crippen LogP contribution in [-0.4, -0.2) is 42.0 Å². The lowest BCUT2D eigenvalue weighted by Gasteiger charge is -2.35. The van der Waals surface area contributed by atoms with E-state index in [2.05, 4.69) is 57.7 Å². The average Bonchev–Trinajstić information content (AvgIpc) is 2.84. The van der Waals surface area contributed by atoms with Gasteiger partial charge in [0.2, 0.25) is 0 Å². The largest absolute Gasteiger partial charge is 0.353 e. The van der Waals surface area contributed by atoms with Crippen LogP contribution in [0.15, 0.2) is 72.9 Å². The van der Waals surface area contributed by atoms with Gasteiger partial charge in [-0.1, -0.05) is 54.6 Å². The molecule has 1 fully saturated rings. The first kappa shape index (κ1) is 18.8. The number of nitrogens with one attached hydrogen (secondary N) is 1. The Morgan fingerprint density at radius 1 is 0.967 bits per heavy atom. The minimum absolute atomic E-state index is 0.0860. The number of rotatable bonds is 3. The smallest absolute Gasteiger partial charge is 0.254 e. The Hall–Kier alpha value is -3.18. The van der Waals surface area contributed by atoms with E-state index in [-0.39, 0.29) is 11.9 Å². The summed E-state index contributed by atoms with van der Waals surface area (Å²) in [5.41, 5.74) is 4.60. The number of aromatic nitrogens is 1. The van der Waals surface area contributed by atoms with E-state index in [1.807, 2.05) is 29.2 Å². The monoisotopic (exact) mass is 398 g/mol. The van der Waals surface area contributed by atoms with Crippen LogP contribution >= 0.6 is 0 Å². The highest BCUT2D eigenvalue weighted by Crippen LogP contribution is 2.24. The third kappa shape index (κ3) is 3.81. The predicted molar refractivity (Wildman–Crippen MR) is 119 cm³/mol. The lowest BCUT2D eigenvalue weighted by atomic mass is 9.99. The normalized spacial score (nSPS) is 18.7. The molecule has 30 heavy (non-hydrogen) atoms. The van der Waals surface area contributed by atoms with Gasteiger partial charge in [0, 0.05) is 50.5 Å². The number of anilines is 1. The Labute approximate surface area is 177 Å². The highest BCUT2D eigenvalue weighted by molar-refractivity contribution is 5.95. The fourth-order valence-corrected chi connectivity index (χ4v) is 4.44. The van der Waals surface area contributed by atoms with Gasteiger partial charge >= 0.3 is 0 Å². The number of benzene rings is 2. The number of piperazine rings is 1. The number of carbonyl (C=O) groups excluding carboxylic acids is 1. The van der Waals surface area contributed by atoms with Gasteiger partial charge in [-0.25, -0.2) is 4.98 Å². The molecule has 2 aromatic carbocycles. The summed E-state index contributed by atoms with van der Waals surface area (Å²) in [6, 6.07) is 23.0. The van der Waals surface area contributed by atoms with E-state index >= 15 is 0 Å². The molecule has 1 aromatic heterocycles. The molecule has 3 heterocycles. The number of hydrogen-bond donors (Lipinski definition) is 1. The molecule has 5 heteroatoms. The first-order valence-corrected chi connectivity index (χ1v) is 10.6. The van der Waals surface area contributed by atoms with Gasteiger partial charge in [0.1, 0.15) is 5.82 Å². The Morgan fingerprint density at radius 2 is 1.77 bits per heavy atom. The van der Waals surface area contributed by atoms with Crippen LogP contribution in [0, 0.1) is 0 Å². The zero-order valence-electron chi connectivity index (χ0n) is 17.0. The molecular weight excluding hydrogens is 372 g/mol. The predicted octanol–water partition coefficient (Wildman–Crippen LogP) is 3.43. The molecule has 1 N–H and O–H groups in total. The molecule has 1 amide bonds. The topological polar surface area (TPSA) is 48.5 Å². The van der Waals surface area contributed by atoms with Crippen molar-refractivity contribution in [2.24, 2.45) is 0 Å². The van der Waals surface area contributed by atoms with Crippen LogP contribution in [0.3, 0.4) is 0 Å². The molecule has 5 rings (SSSR count). The summed E-state index contributed by atoms with van der Waals surface area (Å²) in [5, 5.41) is 3.59. The summed E-state index contributed by atoms with van der Waals surface area (Å²) in [6.45, 7) is 4.05. The summed E-state index contributed by atoms with van der Waals surface area (Å²) < 4.78 is 0. The van der Waals surface area contributed by atoms with E-state index in [0.717, 1.165) is 38.4 Å². The van der Waals surface area contributed by atoms with Crippen LogP contribution in [0.5, 0.6) is 0 Å². The van der Waals surface area contributed by atoms with E-state index in [4.69, 9.17) is 0 Å². The van der Waals surface area contributed by atoms with Gasteiger partial charge in [0.05, 0.1) is 0 Å². The minimum atomic E-state index is 0.0860. The van der Waals surface area contributed by atoms with Crippen molar-refractivity contribution in [1.29, 1.82) is 0 Å². The fraction of sp³-hybridized carbons (Fsp3) is 0.280. The van der Waals surface area contributed by atoms with Crippen molar-refractivity contribution in [3.8, 4) is 0 Å². The molecule has 1 saturated heterocycles. The number of carbonyl (C=O) groups is 1. The average molecular weight is 399 g/mol. The van der Waals surface area contributed by atoms with Crippen LogP contribution in [0.1, 0.15) is 33.1 Å². The number of hydrogen-bond acceptors (Lipinski definition) is 4. The zero-order chi connectivity index (χ0) is 20.3. The second-order valence-corrected chi connectivity index (χ2v) is 8.01. The van der Waals surface area contributed by atoms with E-state index in [9.17, 15) is 4.79 Å². The third-order valence-electron chi connectivity index (χ3n) is 6.11. The highest BCUT2D eigenvalue weighted by Gasteiger charge is 2.24. The van der Waals surface area contributed by atoms with Crippen molar-refractivity contribution in [1.82, 2.24) is 15.2 Å². The summed E-state index contributed by atoms with van der Waals surface area (Å²) >= 11 is 0. The minimum Gasteiger partial charge on any atom is -0.353 e. The van der Waals surface area contributed by atoms with E-state index in [0.29, 0.717) is 12.1 Å². The molecule has 2 aliphatic heterocycles. The second kappa shape index (κ2) is 8.28. The van der Waals surface area contributed by atoms with Gasteiger partial charge < -0.3 is 15.1 Å². The number of amides is 1. The molecule has 2 aliphatic rings. The summed E-state index contributed by atoms with van der Waals surface area (Å²) in [6.07, 6.45) is 2.68. The molecule has 0 radical (unpaired) electrons. The van der Waals surface area contributed by atoms with Crippen LogP contribution in [0.4, 0.5) is 5.82 Å². The third-order valence-corrected chi connectivity index (χ3v) is 6.11. The van der Waals surface area contributed by atoms with Crippen molar-refractivity contribution in [3.63, 3.8) is 0 Å². The molecule has 0 spiro atoms. The number of nitrogens with zero attached hydrogens (tertiary/aromatic N) is 3. The summed E-state index contributed by atoms with van der Waals surface area (Å²) in [7, 11) is 0. The molecule has 3 aromatic rings. The molecule has 0 bridgehead atoms. The molecule has 152 valence electrons. The first-order valence-electron chi connectivity index (χ1n) is 10.6. The molecular formula is C25H26N4O. The summed E-state index contributed by atoms with van der Waals surface area (Å²) in [4.78, 5) is 22.0. The quantitative estimate of drug-likeness (QED) is 0.734. The zero-order valence-corrected chi connectivity index (χ0v) is 17.0. The van der Waals surface area contributed by atoms with Crippen molar-refractivity contribution in [3.05, 3.63) is 95.2 Å². The summed E-state index contributed by atoms with van der Waals surface area (Å²) in [5.74, 6) is 0.962. The second-order valence-electron chi connectivity index (χ2n) is 8.01. The van der Waals surface area contributed by atoms with E-state index < -0.39 is 0 Å². The van der Waals surface area contributed by atoms with Gasteiger partial charge in [-0.2, -0.15) is 0 Å². The molecule has 0 unspecified atom stereocenters. The standard InChI is InChI=1S/C25H26N4O/c30-25(29-14-11-19-6-4-5-9-22(19)17-29)21-10-12-27-24(16-21)28-15-13-26-23(18-28)20-7-2-1-3-8-20/h1-10,12,16,23,26H,11,13-15,17-18H2/t23-/m1/s1. The van der Waals surface area contributed by atoms with Gasteiger partial charge in [-0.3, -0.25) is 4.79 Å². The van der Waals surface area contributed by atoms with Crippen LogP contribution in [0.25, 0.3) is 0 Å². The van der Waals surface area contributed by atoms with Crippen molar-refractivity contribution in [2.45, 2.75) is 19.0 Å².